The number of nitrogens with one attached hydrogen (secondary N) is 1. The molecule has 0 spiro atoms. The van der Waals surface area contributed by atoms with Gasteiger partial charge in [0, 0.05) is 0 Å². The number of alkyl halides is 1. The van der Waals surface area contributed by atoms with Gasteiger partial charge in [-0.3, -0.25) is 28.0 Å². The van der Waals surface area contributed by atoms with Gasteiger partial charge in [0.1, 0.15) is 41.7 Å². The fraction of sp³-hybridized carbons (Fsp3) is 0.500. The van der Waals surface area contributed by atoms with Crippen LogP contribution in [0.1, 0.15) is 11.6 Å². The molecule has 6 heterocycles. The zero-order valence-electron chi connectivity index (χ0n) is 22.4. The number of hydrogen-bond donors (Lipinski definition) is 7. The molecule has 8 N–H and O–H groups in total. The van der Waals surface area contributed by atoms with Crippen molar-refractivity contribution in [3.8, 4) is 0 Å². The average molecular weight is 726 g/mol. The summed E-state index contributed by atoms with van der Waals surface area (Å²) in [5, 5.41) is 18.8. The molecule has 2 fully saturated rings. The Balaban J connectivity index is 1.22. The molecule has 2 unspecified atom stereocenters. The minimum Gasteiger partial charge on any atom is -0.395 e. The molecule has 2 aliphatic heterocycles. The third-order valence-corrected chi connectivity index (χ3v) is 10.5. The van der Waals surface area contributed by atoms with Crippen molar-refractivity contribution >= 4 is 83.9 Å². The van der Waals surface area contributed by atoms with E-state index in [2.05, 4.69) is 42.2 Å². The lowest BCUT2D eigenvalue weighted by Gasteiger charge is -2.25. The van der Waals surface area contributed by atoms with Crippen LogP contribution in [-0.4, -0.2) is 103 Å². The SMILES string of the molecule is Nc1nc2c(ncn2[C@@H]2S[C@H](CO)[C@@H](O)[C@H]2OP(=O)(O)OC[C@H]2O[C@@H](n3cnc4c(N)ncnc43)[C@@H](F)[C@@H]2O[P+](=S)S)c(=O)[nH]1. The average Bonchev–Trinajstić information content (AvgIpc) is 3.73. The van der Waals surface area contributed by atoms with Crippen LogP contribution in [0.4, 0.5) is 16.2 Å². The Morgan fingerprint density at radius 2 is 1.93 bits per heavy atom. The molecule has 10 atom stereocenters. The van der Waals surface area contributed by atoms with Gasteiger partial charge in [-0.25, -0.2) is 28.9 Å². The minimum absolute atomic E-state index is 0.00688. The fourth-order valence-electron chi connectivity index (χ4n) is 5.03. The van der Waals surface area contributed by atoms with Crippen molar-refractivity contribution in [2.45, 2.75) is 47.4 Å². The van der Waals surface area contributed by atoms with Gasteiger partial charge in [0.25, 0.3) is 5.56 Å². The van der Waals surface area contributed by atoms with Crippen molar-refractivity contribution in [3.05, 3.63) is 29.3 Å². The highest BCUT2D eigenvalue weighted by atomic mass is 32.9. The largest absolute Gasteiger partial charge is 0.472 e. The van der Waals surface area contributed by atoms with Crippen molar-refractivity contribution in [2.75, 3.05) is 24.7 Å². The summed E-state index contributed by atoms with van der Waals surface area (Å²) in [5.41, 5.74) is 11.2. The van der Waals surface area contributed by atoms with Gasteiger partial charge in [0.05, 0.1) is 37.2 Å². The van der Waals surface area contributed by atoms with E-state index < -0.39 is 80.2 Å². The number of nitrogen functional groups attached to an aromatic ring is 2. The highest BCUT2D eigenvalue weighted by Gasteiger charge is 2.53. The number of nitrogens with zero attached hydrogens (tertiary/aromatic N) is 7. The second-order valence-corrected chi connectivity index (χ2v) is 16.1. The highest BCUT2D eigenvalue weighted by Crippen LogP contribution is 2.54. The summed E-state index contributed by atoms with van der Waals surface area (Å²) in [5.74, 6) is -0.155. The van der Waals surface area contributed by atoms with Crippen molar-refractivity contribution in [3.63, 3.8) is 0 Å². The van der Waals surface area contributed by atoms with Crippen molar-refractivity contribution in [1.29, 1.82) is 0 Å². The van der Waals surface area contributed by atoms with Gasteiger partial charge >= 0.3 is 13.9 Å². The summed E-state index contributed by atoms with van der Waals surface area (Å²) in [6.07, 6.45) is -7.11. The van der Waals surface area contributed by atoms with Gasteiger partial charge in [-0.1, -0.05) is 0 Å². The van der Waals surface area contributed by atoms with Gasteiger partial charge in [-0.05, 0) is 0 Å². The molecule has 25 heteroatoms. The molecule has 0 amide bonds. The lowest BCUT2D eigenvalue weighted by atomic mass is 10.1. The standard InChI is InChI=1S/C20H23FN10O9P2S3/c21-8-12(39-41(43)44)6(38-18(8)30-4-26-9-14(22)24-3-25-15(9)30)2-37-42(35,36)40-13-11(33)7(1-32)45-19(13)31-5-27-10-16(31)28-20(23)29-17(10)34/h3-8,11-13,18-19,32-33H,1-2H2,(H6-,22,23,24,25,28,29,34,35,36,43,44)/p+1/t6-,7-,8+,11-,12-,13-,18-,19-/m1/s1. The number of H-pyrrole nitrogens is 1. The molecule has 0 saturated carbocycles. The van der Waals surface area contributed by atoms with E-state index in [1.54, 1.807) is 0 Å². The van der Waals surface area contributed by atoms with Gasteiger partial charge < -0.3 is 31.3 Å². The molecule has 2 aliphatic rings. The maximum absolute atomic E-state index is 15.8. The number of thiol groups is 1. The van der Waals surface area contributed by atoms with Crippen LogP contribution in [-0.2, 0) is 34.7 Å². The number of anilines is 2. The van der Waals surface area contributed by atoms with E-state index in [1.807, 2.05) is 0 Å². The molecule has 2 saturated heterocycles. The second-order valence-electron chi connectivity index (χ2n) is 9.75. The van der Waals surface area contributed by atoms with Crippen LogP contribution >= 0.6 is 38.0 Å². The number of fused-ring (bicyclic) bond motifs is 2. The number of thioether (sulfide) groups is 1. The van der Waals surface area contributed by atoms with Crippen LogP contribution in [0.2, 0.25) is 0 Å². The Morgan fingerprint density at radius 3 is 2.67 bits per heavy atom. The van der Waals surface area contributed by atoms with Crippen LogP contribution < -0.4 is 17.0 Å². The predicted molar refractivity (Wildman–Crippen MR) is 163 cm³/mol. The first kappa shape index (κ1) is 32.5. The molecule has 242 valence electrons. The van der Waals surface area contributed by atoms with Crippen molar-refractivity contribution < 1.29 is 42.4 Å². The molecule has 0 bridgehead atoms. The minimum atomic E-state index is -5.05. The third kappa shape index (κ3) is 6.20. The number of aromatic nitrogens is 8. The molecule has 4 aromatic heterocycles. The zero-order valence-corrected chi connectivity index (χ0v) is 26.7. The number of halogens is 1. The number of aliphatic hydroxyl groups is 2. The number of rotatable bonds is 10. The van der Waals surface area contributed by atoms with Gasteiger partial charge in [0.2, 0.25) is 17.8 Å². The molecular weight excluding hydrogens is 701 g/mol. The van der Waals surface area contributed by atoms with Crippen molar-refractivity contribution in [2.24, 2.45) is 0 Å². The molecule has 19 nitrogen and oxygen atoms in total. The maximum Gasteiger partial charge on any atom is 0.472 e. The van der Waals surface area contributed by atoms with Crippen LogP contribution in [0.3, 0.4) is 0 Å². The first-order valence-corrected chi connectivity index (χ1v) is 18.6. The number of phosphoric acid groups is 1. The van der Waals surface area contributed by atoms with Crippen molar-refractivity contribution in [1.82, 2.24) is 39.0 Å². The Morgan fingerprint density at radius 1 is 1.20 bits per heavy atom. The monoisotopic (exact) mass is 725 g/mol. The van der Waals surface area contributed by atoms with E-state index in [-0.39, 0.29) is 34.1 Å². The number of hydrogen-bond acceptors (Lipinski definition) is 17. The molecule has 45 heavy (non-hydrogen) atoms. The Kier molecular flexibility index (Phi) is 9.15. The van der Waals surface area contributed by atoms with Gasteiger partial charge in [-0.2, -0.15) is 4.98 Å². The van der Waals surface area contributed by atoms with Crippen LogP contribution in [0.25, 0.3) is 22.3 Å². The molecule has 4 aromatic rings. The van der Waals surface area contributed by atoms with E-state index in [0.717, 1.165) is 11.8 Å². The fourth-order valence-corrected chi connectivity index (χ4v) is 8.55. The van der Waals surface area contributed by atoms with E-state index in [4.69, 9.17) is 41.6 Å². The maximum atomic E-state index is 15.8. The van der Waals surface area contributed by atoms with Gasteiger partial charge in [-0.15, -0.1) is 16.3 Å². The summed E-state index contributed by atoms with van der Waals surface area (Å²) < 4.78 is 53.5. The summed E-state index contributed by atoms with van der Waals surface area (Å²) in [4.78, 5) is 45.4. The zero-order chi connectivity index (χ0) is 32.2. The molecule has 0 aromatic carbocycles. The van der Waals surface area contributed by atoms with Crippen LogP contribution in [0, 0.1) is 0 Å². The van der Waals surface area contributed by atoms with Gasteiger partial charge in [0.15, 0.2) is 41.1 Å². The first-order chi connectivity index (χ1) is 21.4. The summed E-state index contributed by atoms with van der Waals surface area (Å²) in [6, 6.07) is 0. The number of aliphatic hydroxyl groups excluding tert-OH is 2. The topological polar surface area (TPSA) is 274 Å². The lowest BCUT2D eigenvalue weighted by molar-refractivity contribution is -0.0492. The Labute approximate surface area is 266 Å². The lowest BCUT2D eigenvalue weighted by Crippen LogP contribution is -2.35. The van der Waals surface area contributed by atoms with E-state index in [9.17, 15) is 24.5 Å². The quantitative estimate of drug-likeness (QED) is 0.0831. The second kappa shape index (κ2) is 12.7. The number of aromatic amines is 1. The molecule has 0 radical (unpaired) electrons. The Hall–Kier alpha value is -2.40. The molecular formula is C20H24FN10O9P2S3+. The predicted octanol–water partition coefficient (Wildman–Crippen LogP) is -0.0824. The number of nitrogens with two attached hydrogens (primary N) is 2. The van der Waals surface area contributed by atoms with E-state index >= 15 is 4.39 Å². The summed E-state index contributed by atoms with van der Waals surface area (Å²) >= 11 is 10.0. The van der Waals surface area contributed by atoms with E-state index in [1.165, 1.54) is 28.1 Å². The highest BCUT2D eigenvalue weighted by molar-refractivity contribution is 8.54. The molecule has 0 aliphatic carbocycles. The summed E-state index contributed by atoms with van der Waals surface area (Å²) in [7, 11) is -5.05. The normalized spacial score (nSPS) is 30.3. The van der Waals surface area contributed by atoms with E-state index in [0.29, 0.717) is 0 Å². The summed E-state index contributed by atoms with van der Waals surface area (Å²) in [6.45, 7) is -1.25. The smallest absolute Gasteiger partial charge is 0.395 e. The third-order valence-electron chi connectivity index (χ3n) is 7.01. The molecule has 6 rings (SSSR count). The number of ether oxygens (including phenoxy) is 1. The number of imidazole rings is 2. The van der Waals surface area contributed by atoms with Crippen LogP contribution in [0.15, 0.2) is 23.8 Å². The first-order valence-electron chi connectivity index (χ1n) is 12.8. The number of phosphoric ester groups is 1. The van der Waals surface area contributed by atoms with Crippen LogP contribution in [0.5, 0.6) is 0 Å². The Bertz CT molecular complexity index is 1870.